The molecule has 0 saturated carbocycles. The van der Waals surface area contributed by atoms with Gasteiger partial charge in [-0.05, 0) is 6.07 Å². The average Bonchev–Trinajstić information content (AvgIpc) is 2.50. The van der Waals surface area contributed by atoms with Crippen molar-refractivity contribution in [1.82, 2.24) is 0 Å². The Bertz CT molecular complexity index is 425. The van der Waals surface area contributed by atoms with Gasteiger partial charge in [-0.3, -0.25) is 0 Å². The Morgan fingerprint density at radius 3 is 3.00 bits per heavy atom. The van der Waals surface area contributed by atoms with E-state index in [1.54, 1.807) is 12.3 Å². The zero-order chi connectivity index (χ0) is 7.68. The number of hydrogen-bond donors (Lipinski definition) is 0. The van der Waals surface area contributed by atoms with E-state index in [2.05, 4.69) is 4.98 Å². The lowest BCUT2D eigenvalue weighted by atomic mass is 10.2. The molecule has 1 aromatic heterocycles. The second kappa shape index (κ2) is 2.10. The number of rotatable bonds is 0. The predicted molar refractivity (Wildman–Crippen MR) is 41.0 cm³/mol. The molecule has 0 aliphatic carbocycles. The van der Waals surface area contributed by atoms with Crippen molar-refractivity contribution in [3.63, 3.8) is 0 Å². The van der Waals surface area contributed by atoms with Crippen molar-refractivity contribution in [3.05, 3.63) is 35.5 Å². The standard InChI is InChI=1S/C8H5N2O/c9-10-7-3-1-2-6-4-5-11-8(6)7/h1-5H/q+1. The normalized spacial score (nSPS) is 9.73. The minimum Gasteiger partial charge on any atom is -0.456 e. The monoisotopic (exact) mass is 145 g/mol. The summed E-state index contributed by atoms with van der Waals surface area (Å²) in [5, 5.41) is 9.46. The van der Waals surface area contributed by atoms with E-state index < -0.39 is 0 Å². The summed E-state index contributed by atoms with van der Waals surface area (Å²) in [6, 6.07) is 7.22. The summed E-state index contributed by atoms with van der Waals surface area (Å²) in [6.45, 7) is 0. The van der Waals surface area contributed by atoms with E-state index in [1.807, 2.05) is 18.2 Å². The van der Waals surface area contributed by atoms with Gasteiger partial charge in [-0.15, -0.1) is 0 Å². The van der Waals surface area contributed by atoms with Gasteiger partial charge < -0.3 is 4.42 Å². The van der Waals surface area contributed by atoms with E-state index in [0.29, 0.717) is 11.3 Å². The Hall–Kier alpha value is -1.82. The molecule has 0 spiro atoms. The number of para-hydroxylation sites is 1. The molecule has 2 aromatic rings. The maximum absolute atomic E-state index is 8.52. The van der Waals surface area contributed by atoms with Gasteiger partial charge in [-0.1, -0.05) is 12.1 Å². The van der Waals surface area contributed by atoms with E-state index in [0.717, 1.165) is 5.39 Å². The summed E-state index contributed by atoms with van der Waals surface area (Å²) < 4.78 is 5.09. The molecule has 0 bridgehead atoms. The summed E-state index contributed by atoms with van der Waals surface area (Å²) in [7, 11) is 0. The fourth-order valence-corrected chi connectivity index (χ4v) is 1.06. The predicted octanol–water partition coefficient (Wildman–Crippen LogP) is 2.92. The molecular formula is C8H5N2O+. The van der Waals surface area contributed by atoms with Crippen LogP contribution in [-0.4, -0.2) is 0 Å². The number of diazo groups is 1. The van der Waals surface area contributed by atoms with Gasteiger partial charge in [-0.2, -0.15) is 0 Å². The van der Waals surface area contributed by atoms with Crippen LogP contribution in [0.1, 0.15) is 0 Å². The van der Waals surface area contributed by atoms with Gasteiger partial charge in [0, 0.05) is 11.5 Å². The molecule has 0 amide bonds. The highest BCUT2D eigenvalue weighted by atomic mass is 16.3. The Morgan fingerprint density at radius 2 is 2.18 bits per heavy atom. The number of fused-ring (bicyclic) bond motifs is 1. The summed E-state index contributed by atoms with van der Waals surface area (Å²) in [5.74, 6) is 0. The third-order valence-corrected chi connectivity index (χ3v) is 1.57. The lowest BCUT2D eigenvalue weighted by Gasteiger charge is -1.79. The first-order chi connectivity index (χ1) is 5.42. The van der Waals surface area contributed by atoms with Crippen molar-refractivity contribution in [2.24, 2.45) is 0 Å². The van der Waals surface area contributed by atoms with Crippen LogP contribution in [-0.2, 0) is 0 Å². The average molecular weight is 145 g/mol. The Kier molecular flexibility index (Phi) is 1.13. The second-order valence-corrected chi connectivity index (χ2v) is 2.22. The number of hydrogen-bond acceptors (Lipinski definition) is 2. The molecule has 0 N–H and O–H groups in total. The van der Waals surface area contributed by atoms with Crippen LogP contribution < -0.4 is 0 Å². The van der Waals surface area contributed by atoms with Crippen LogP contribution in [0.25, 0.3) is 15.9 Å². The minimum atomic E-state index is 0.465. The zero-order valence-corrected chi connectivity index (χ0v) is 5.69. The van der Waals surface area contributed by atoms with Crippen LogP contribution in [0, 0.1) is 5.39 Å². The molecule has 3 heteroatoms. The molecule has 0 radical (unpaired) electrons. The topological polar surface area (TPSA) is 41.3 Å². The third-order valence-electron chi connectivity index (χ3n) is 1.57. The van der Waals surface area contributed by atoms with Gasteiger partial charge in [0.1, 0.15) is 0 Å². The highest BCUT2D eigenvalue weighted by Crippen LogP contribution is 2.25. The highest BCUT2D eigenvalue weighted by Gasteiger charge is 2.12. The van der Waals surface area contributed by atoms with Gasteiger partial charge in [0.05, 0.1) is 6.26 Å². The van der Waals surface area contributed by atoms with Crippen molar-refractivity contribution in [2.45, 2.75) is 0 Å². The molecule has 1 heterocycles. The summed E-state index contributed by atoms with van der Waals surface area (Å²) >= 11 is 0. The highest BCUT2D eigenvalue weighted by molar-refractivity contribution is 5.89. The van der Waals surface area contributed by atoms with Crippen LogP contribution >= 0.6 is 0 Å². The number of nitrogens with zero attached hydrogens (tertiary/aromatic N) is 2. The van der Waals surface area contributed by atoms with Gasteiger partial charge in [0.25, 0.3) is 0 Å². The first kappa shape index (κ1) is 5.93. The van der Waals surface area contributed by atoms with Crippen molar-refractivity contribution >= 4 is 16.7 Å². The SMILES string of the molecule is N#[N+]c1cccc2ccoc12. The fraction of sp³-hybridized carbons (Fsp3) is 0. The molecule has 0 aliphatic heterocycles. The first-order valence-electron chi connectivity index (χ1n) is 3.23. The maximum Gasteiger partial charge on any atom is 0.427 e. The molecule has 0 unspecified atom stereocenters. The van der Waals surface area contributed by atoms with Gasteiger partial charge in [0.2, 0.25) is 11.0 Å². The summed E-state index contributed by atoms with van der Waals surface area (Å²) in [4.78, 5) is 3.08. The van der Waals surface area contributed by atoms with E-state index in [-0.39, 0.29) is 0 Å². The van der Waals surface area contributed by atoms with E-state index in [4.69, 9.17) is 9.81 Å². The van der Waals surface area contributed by atoms with Crippen LogP contribution in [0.5, 0.6) is 0 Å². The molecule has 2 rings (SSSR count). The summed E-state index contributed by atoms with van der Waals surface area (Å²) in [6.07, 6.45) is 1.57. The maximum atomic E-state index is 8.52. The molecule has 52 valence electrons. The van der Waals surface area contributed by atoms with Gasteiger partial charge in [-0.25, -0.2) is 0 Å². The fourth-order valence-electron chi connectivity index (χ4n) is 1.06. The molecule has 0 saturated heterocycles. The van der Waals surface area contributed by atoms with Crippen molar-refractivity contribution in [2.75, 3.05) is 0 Å². The summed E-state index contributed by atoms with van der Waals surface area (Å²) in [5.41, 5.74) is 1.09. The van der Waals surface area contributed by atoms with E-state index in [1.165, 1.54) is 0 Å². The lowest BCUT2D eigenvalue weighted by molar-refractivity contribution is 0.617. The minimum absolute atomic E-state index is 0.465. The molecule has 11 heavy (non-hydrogen) atoms. The Morgan fingerprint density at radius 1 is 1.27 bits per heavy atom. The Balaban J connectivity index is 2.92. The molecule has 0 atom stereocenters. The second-order valence-electron chi connectivity index (χ2n) is 2.22. The number of benzene rings is 1. The van der Waals surface area contributed by atoms with Crippen molar-refractivity contribution < 1.29 is 4.42 Å². The van der Waals surface area contributed by atoms with Crippen LogP contribution in [0.15, 0.2) is 34.9 Å². The molecular weight excluding hydrogens is 140 g/mol. The first-order valence-corrected chi connectivity index (χ1v) is 3.23. The quantitative estimate of drug-likeness (QED) is 0.535. The Labute approximate surface area is 62.9 Å². The lowest BCUT2D eigenvalue weighted by Crippen LogP contribution is -1.62. The smallest absolute Gasteiger partial charge is 0.427 e. The zero-order valence-electron chi connectivity index (χ0n) is 5.69. The van der Waals surface area contributed by atoms with Crippen LogP contribution in [0.4, 0.5) is 5.69 Å². The van der Waals surface area contributed by atoms with Crippen LogP contribution in [0.2, 0.25) is 0 Å². The van der Waals surface area contributed by atoms with E-state index >= 15 is 0 Å². The van der Waals surface area contributed by atoms with E-state index in [9.17, 15) is 0 Å². The van der Waals surface area contributed by atoms with Crippen LogP contribution in [0.3, 0.4) is 0 Å². The largest absolute Gasteiger partial charge is 0.456 e. The molecule has 3 nitrogen and oxygen atoms in total. The molecule has 1 aromatic carbocycles. The van der Waals surface area contributed by atoms with Gasteiger partial charge >= 0.3 is 5.69 Å². The number of furan rings is 1. The van der Waals surface area contributed by atoms with Crippen molar-refractivity contribution in [3.8, 4) is 0 Å². The third kappa shape index (κ3) is 0.767. The van der Waals surface area contributed by atoms with Crippen molar-refractivity contribution in [1.29, 1.82) is 5.39 Å². The molecule has 0 fully saturated rings. The van der Waals surface area contributed by atoms with Gasteiger partial charge in [0.15, 0.2) is 4.98 Å². The molecule has 0 aliphatic rings.